The first kappa shape index (κ1) is 30.6. The molecular formula is C37H54N3O2+. The van der Waals surface area contributed by atoms with Crippen LogP contribution in [0.5, 0.6) is 0 Å². The van der Waals surface area contributed by atoms with Gasteiger partial charge in [-0.15, -0.1) is 0 Å². The van der Waals surface area contributed by atoms with Crippen molar-refractivity contribution in [3.63, 3.8) is 0 Å². The average molecular weight is 573 g/mol. The summed E-state index contributed by atoms with van der Waals surface area (Å²) in [6.45, 7) is 13.6. The molecule has 42 heavy (non-hydrogen) atoms. The Labute approximate surface area is 254 Å². The molecule has 0 spiro atoms. The van der Waals surface area contributed by atoms with Gasteiger partial charge in [0, 0.05) is 24.7 Å². The van der Waals surface area contributed by atoms with Gasteiger partial charge in [0.05, 0.1) is 12.6 Å². The van der Waals surface area contributed by atoms with E-state index in [2.05, 4.69) is 104 Å². The zero-order valence-corrected chi connectivity index (χ0v) is 27.0. The lowest BCUT2D eigenvalue weighted by atomic mass is 9.75. The van der Waals surface area contributed by atoms with E-state index in [1.165, 1.54) is 37.8 Å². The number of rotatable bonds is 13. The molecule has 0 bridgehead atoms. The highest BCUT2D eigenvalue weighted by atomic mass is 16.5. The van der Waals surface area contributed by atoms with Gasteiger partial charge in [-0.05, 0) is 92.7 Å². The molecule has 2 saturated carbocycles. The number of esters is 1. The smallest absolute Gasteiger partial charge is 0.352 e. The minimum Gasteiger partial charge on any atom is -0.459 e. The molecule has 4 atom stereocenters. The Kier molecular flexibility index (Phi) is 9.96. The first-order valence-electron chi connectivity index (χ1n) is 16.9. The van der Waals surface area contributed by atoms with E-state index in [1.807, 2.05) is 0 Å². The van der Waals surface area contributed by atoms with E-state index >= 15 is 0 Å². The molecule has 5 rings (SSSR count). The van der Waals surface area contributed by atoms with Gasteiger partial charge in [-0.25, -0.2) is 13.9 Å². The summed E-state index contributed by atoms with van der Waals surface area (Å²) in [7, 11) is 2.14. The van der Waals surface area contributed by atoms with Crippen molar-refractivity contribution in [3.8, 4) is 11.4 Å². The van der Waals surface area contributed by atoms with Crippen molar-refractivity contribution < 1.29 is 14.1 Å². The maximum absolute atomic E-state index is 14.3. The van der Waals surface area contributed by atoms with Crippen molar-refractivity contribution in [3.05, 3.63) is 48.5 Å². The summed E-state index contributed by atoms with van der Waals surface area (Å²) in [6.07, 6.45) is 10.3. The summed E-state index contributed by atoms with van der Waals surface area (Å²) in [5, 5.41) is 0. The van der Waals surface area contributed by atoms with Crippen molar-refractivity contribution in [2.24, 2.45) is 30.7 Å². The average Bonchev–Trinajstić information content (AvgIpc) is 3.78. The molecule has 2 aliphatic carbocycles. The minimum absolute atomic E-state index is 0.0121. The fourth-order valence-electron chi connectivity index (χ4n) is 7.23. The van der Waals surface area contributed by atoms with E-state index in [1.54, 1.807) is 0 Å². The number of hydrogen-bond acceptors (Lipinski definition) is 3. The van der Waals surface area contributed by atoms with Crippen LogP contribution in [0.4, 0.5) is 5.69 Å². The zero-order chi connectivity index (χ0) is 29.8. The molecule has 1 heterocycles. The standard InChI is InChI=1S/C37H54N3O2/c1-7-9-23-39(24-10-8-2)30-20-18-29(19-21-30)36-38(6)32-13-11-12-14-33(32)40(36)35(28-16-17-28)37(41)42-34-25-27(5)15-22-31(34)26(3)4/h11-14,18-21,26-28,31,34-35H,7-10,15-17,22-25H2,1-6H3/q+1/t27-,31+,34-,35-/m1/s1. The molecule has 0 N–H and O–H groups in total. The van der Waals surface area contributed by atoms with Crippen LogP contribution in [0.25, 0.3) is 22.4 Å². The first-order valence-corrected chi connectivity index (χ1v) is 16.9. The van der Waals surface area contributed by atoms with Crippen LogP contribution in [0, 0.1) is 23.7 Å². The maximum atomic E-state index is 14.3. The zero-order valence-electron chi connectivity index (χ0n) is 27.0. The fraction of sp³-hybridized carbons (Fsp3) is 0.622. The molecule has 0 radical (unpaired) electrons. The third-order valence-electron chi connectivity index (χ3n) is 9.92. The summed E-state index contributed by atoms with van der Waals surface area (Å²) in [4.78, 5) is 16.8. The molecule has 0 aliphatic heterocycles. The Morgan fingerprint density at radius 3 is 2.26 bits per heavy atom. The van der Waals surface area contributed by atoms with Gasteiger partial charge in [0.1, 0.15) is 6.10 Å². The summed E-state index contributed by atoms with van der Waals surface area (Å²) >= 11 is 0. The SMILES string of the molecule is CCCCN(CCCC)c1ccc(-c2n([C@@H](C(=O)O[C@@H]3C[C@H](C)CC[C@H]3C(C)C)C3CC3)c3ccccc3[n+]2C)cc1. The van der Waals surface area contributed by atoms with Crippen molar-refractivity contribution in [1.29, 1.82) is 0 Å². The second kappa shape index (κ2) is 13.7. The number of aryl methyl sites for hydroxylation is 1. The van der Waals surface area contributed by atoms with Crippen LogP contribution in [0.1, 0.15) is 98.4 Å². The van der Waals surface area contributed by atoms with Gasteiger partial charge in [-0.1, -0.05) is 66.0 Å². The lowest BCUT2D eigenvalue weighted by Crippen LogP contribution is -2.39. The van der Waals surface area contributed by atoms with E-state index in [0.717, 1.165) is 61.2 Å². The number of imidazole rings is 1. The van der Waals surface area contributed by atoms with Crippen LogP contribution in [-0.2, 0) is 16.6 Å². The molecule has 2 fully saturated rings. The van der Waals surface area contributed by atoms with Crippen molar-refractivity contribution >= 4 is 22.7 Å². The molecule has 0 unspecified atom stereocenters. The van der Waals surface area contributed by atoms with Crippen LogP contribution >= 0.6 is 0 Å². The number of nitrogens with zero attached hydrogens (tertiary/aromatic N) is 3. The minimum atomic E-state index is -0.304. The van der Waals surface area contributed by atoms with Crippen LogP contribution in [0.2, 0.25) is 0 Å². The molecular weight excluding hydrogens is 518 g/mol. The van der Waals surface area contributed by atoms with Gasteiger partial charge in [0.25, 0.3) is 5.82 Å². The van der Waals surface area contributed by atoms with Gasteiger partial charge in [0.15, 0.2) is 11.0 Å². The Balaban J connectivity index is 1.52. The number of ether oxygens (including phenoxy) is 1. The highest BCUT2D eigenvalue weighted by molar-refractivity contribution is 5.83. The third-order valence-corrected chi connectivity index (χ3v) is 9.92. The molecule has 1 aromatic heterocycles. The van der Waals surface area contributed by atoms with Gasteiger partial charge in [-0.3, -0.25) is 0 Å². The van der Waals surface area contributed by atoms with E-state index in [4.69, 9.17) is 4.74 Å². The quantitative estimate of drug-likeness (QED) is 0.152. The predicted molar refractivity (Wildman–Crippen MR) is 174 cm³/mol. The van der Waals surface area contributed by atoms with Gasteiger partial charge < -0.3 is 9.64 Å². The van der Waals surface area contributed by atoms with Crippen molar-refractivity contribution in [2.45, 2.75) is 105 Å². The summed E-state index contributed by atoms with van der Waals surface area (Å²) in [5.41, 5.74) is 4.69. The molecule has 228 valence electrons. The normalized spacial score (nSPS) is 21.5. The van der Waals surface area contributed by atoms with E-state index in [0.29, 0.717) is 23.7 Å². The molecule has 5 nitrogen and oxygen atoms in total. The Morgan fingerprint density at radius 1 is 0.976 bits per heavy atom. The largest absolute Gasteiger partial charge is 0.459 e. The third kappa shape index (κ3) is 6.55. The van der Waals surface area contributed by atoms with Gasteiger partial charge in [0.2, 0.25) is 6.04 Å². The van der Waals surface area contributed by atoms with Crippen molar-refractivity contribution in [2.75, 3.05) is 18.0 Å². The summed E-state index contributed by atoms with van der Waals surface area (Å²) < 4.78 is 11.2. The predicted octanol–water partition coefficient (Wildman–Crippen LogP) is 8.49. The van der Waals surface area contributed by atoms with Crippen LogP contribution in [0.3, 0.4) is 0 Å². The topological polar surface area (TPSA) is 38.4 Å². The molecule has 3 aromatic rings. The van der Waals surface area contributed by atoms with Gasteiger partial charge >= 0.3 is 5.97 Å². The monoisotopic (exact) mass is 572 g/mol. The summed E-state index contributed by atoms with van der Waals surface area (Å²) in [6, 6.07) is 17.3. The van der Waals surface area contributed by atoms with Crippen LogP contribution in [0.15, 0.2) is 48.5 Å². The van der Waals surface area contributed by atoms with Crippen LogP contribution in [-0.4, -0.2) is 29.7 Å². The van der Waals surface area contributed by atoms with Crippen molar-refractivity contribution in [1.82, 2.24) is 4.57 Å². The Bertz CT molecular complexity index is 1310. The molecule has 2 aliphatic rings. The molecule has 5 heteroatoms. The Hall–Kier alpha value is -2.82. The number of hydrogen-bond donors (Lipinski definition) is 0. The second-order valence-electron chi connectivity index (χ2n) is 13.6. The number of carbonyl (C=O) groups is 1. The Morgan fingerprint density at radius 2 is 1.64 bits per heavy atom. The fourth-order valence-corrected chi connectivity index (χ4v) is 7.23. The lowest BCUT2D eigenvalue weighted by Gasteiger charge is -2.37. The second-order valence-corrected chi connectivity index (χ2v) is 13.6. The number of aromatic nitrogens is 2. The summed E-state index contributed by atoms with van der Waals surface area (Å²) in [5.74, 6) is 2.93. The highest BCUT2D eigenvalue weighted by Crippen LogP contribution is 2.45. The number of benzene rings is 2. The molecule has 2 aromatic carbocycles. The molecule has 0 amide bonds. The van der Waals surface area contributed by atoms with Crippen LogP contribution < -0.4 is 9.47 Å². The maximum Gasteiger partial charge on any atom is 0.352 e. The number of carbonyl (C=O) groups excluding carboxylic acids is 1. The first-order chi connectivity index (χ1) is 20.3. The number of unbranched alkanes of at least 4 members (excludes halogenated alkanes) is 2. The number of anilines is 1. The number of para-hydroxylation sites is 2. The van der Waals surface area contributed by atoms with E-state index < -0.39 is 0 Å². The number of fused-ring (bicyclic) bond motifs is 1. The van der Waals surface area contributed by atoms with E-state index in [-0.39, 0.29) is 18.1 Å². The highest BCUT2D eigenvalue weighted by Gasteiger charge is 2.47. The molecule has 0 saturated heterocycles. The lowest BCUT2D eigenvalue weighted by molar-refractivity contribution is -0.634. The van der Waals surface area contributed by atoms with E-state index in [9.17, 15) is 4.79 Å². The van der Waals surface area contributed by atoms with Gasteiger partial charge in [-0.2, -0.15) is 0 Å².